The van der Waals surface area contributed by atoms with Gasteiger partial charge in [-0.3, -0.25) is 9.36 Å². The Morgan fingerprint density at radius 1 is 1.06 bits per heavy atom. The van der Waals surface area contributed by atoms with Crippen LogP contribution in [0.15, 0.2) is 73.6 Å². The van der Waals surface area contributed by atoms with E-state index < -0.39 is 0 Å². The molecular formula is C24H21N7O. The number of nitrogens with zero attached hydrogens (tertiary/aromatic N) is 5. The van der Waals surface area contributed by atoms with Gasteiger partial charge in [-0.1, -0.05) is 24.1 Å². The average molecular weight is 423 g/mol. The highest BCUT2D eigenvalue weighted by molar-refractivity contribution is 5.94. The Bertz CT molecular complexity index is 1260. The maximum absolute atomic E-state index is 12.3. The number of nitrogens with one attached hydrogen (secondary N) is 2. The van der Waals surface area contributed by atoms with Gasteiger partial charge < -0.3 is 10.6 Å². The molecule has 3 heterocycles. The molecule has 0 bridgehead atoms. The third-order valence-electron chi connectivity index (χ3n) is 4.76. The first-order chi connectivity index (χ1) is 15.6. The lowest BCUT2D eigenvalue weighted by molar-refractivity contribution is -0.117. The minimum absolute atomic E-state index is 0.178. The summed E-state index contributed by atoms with van der Waals surface area (Å²) < 4.78 is 1.72. The van der Waals surface area contributed by atoms with Crippen LogP contribution in [0.2, 0.25) is 0 Å². The van der Waals surface area contributed by atoms with Crippen LogP contribution in [0.5, 0.6) is 0 Å². The van der Waals surface area contributed by atoms with Crippen LogP contribution in [0.3, 0.4) is 0 Å². The van der Waals surface area contributed by atoms with E-state index in [1.807, 2.05) is 36.4 Å². The number of likely N-dealkylation sites (N-methyl/N-ethyl adjacent to an activating group) is 1. The van der Waals surface area contributed by atoms with Gasteiger partial charge in [0, 0.05) is 41.5 Å². The van der Waals surface area contributed by atoms with Gasteiger partial charge in [0.2, 0.25) is 11.9 Å². The van der Waals surface area contributed by atoms with Gasteiger partial charge in [-0.25, -0.2) is 19.9 Å². The normalized spacial score (nSPS) is 11.3. The molecule has 0 spiro atoms. The zero-order valence-corrected chi connectivity index (χ0v) is 17.6. The highest BCUT2D eigenvalue weighted by atomic mass is 16.2. The Hall–Kier alpha value is -4.35. The molecule has 0 radical (unpaired) electrons. The summed E-state index contributed by atoms with van der Waals surface area (Å²) in [5.41, 5.74) is 2.92. The first kappa shape index (κ1) is 20.9. The SMILES string of the molecule is CNC(C)C(=O)Nc1ccc(-c2cnc(-n3ccnc3)nc2)c(C#Cc2ccccc2)n1. The van der Waals surface area contributed by atoms with E-state index in [1.165, 1.54) is 0 Å². The number of hydrogen-bond donors (Lipinski definition) is 2. The molecule has 0 aliphatic carbocycles. The van der Waals surface area contributed by atoms with E-state index in [4.69, 9.17) is 0 Å². The second-order valence-corrected chi connectivity index (χ2v) is 6.95. The van der Waals surface area contributed by atoms with Gasteiger partial charge in [0.1, 0.15) is 17.8 Å². The Labute approximate surface area is 185 Å². The fourth-order valence-corrected chi connectivity index (χ4v) is 2.85. The summed E-state index contributed by atoms with van der Waals surface area (Å²) in [5, 5.41) is 5.73. The maximum atomic E-state index is 12.3. The van der Waals surface area contributed by atoms with Crippen molar-refractivity contribution in [1.29, 1.82) is 0 Å². The van der Waals surface area contributed by atoms with Crippen LogP contribution in [0.4, 0.5) is 5.82 Å². The quantitative estimate of drug-likeness (QED) is 0.479. The second-order valence-electron chi connectivity index (χ2n) is 6.95. The number of amides is 1. The van der Waals surface area contributed by atoms with E-state index in [0.717, 1.165) is 16.7 Å². The predicted molar refractivity (Wildman–Crippen MR) is 122 cm³/mol. The first-order valence-electron chi connectivity index (χ1n) is 10.0. The molecule has 4 aromatic rings. The van der Waals surface area contributed by atoms with Gasteiger partial charge in [-0.15, -0.1) is 0 Å². The third-order valence-corrected chi connectivity index (χ3v) is 4.76. The smallest absolute Gasteiger partial charge is 0.242 e. The second kappa shape index (κ2) is 9.64. The van der Waals surface area contributed by atoms with Crippen molar-refractivity contribution in [2.24, 2.45) is 0 Å². The standard InChI is InChI=1S/C24H21N7O/c1-17(25-2)23(32)30-22-11-9-20(21(29-22)10-8-18-6-4-3-5-7-18)19-14-27-24(28-15-19)31-13-12-26-16-31/h3-7,9,11-17,25H,1-2H3,(H,29,30,32). The average Bonchev–Trinajstić information content (AvgIpc) is 3.38. The lowest BCUT2D eigenvalue weighted by Crippen LogP contribution is -2.35. The molecule has 1 amide bonds. The van der Waals surface area contributed by atoms with Crippen LogP contribution in [-0.4, -0.2) is 43.5 Å². The van der Waals surface area contributed by atoms with Crippen LogP contribution in [-0.2, 0) is 4.79 Å². The lowest BCUT2D eigenvalue weighted by Gasteiger charge is -2.12. The molecule has 1 aromatic carbocycles. The van der Waals surface area contributed by atoms with E-state index in [2.05, 4.69) is 42.4 Å². The van der Waals surface area contributed by atoms with Crippen LogP contribution < -0.4 is 10.6 Å². The fourth-order valence-electron chi connectivity index (χ4n) is 2.85. The summed E-state index contributed by atoms with van der Waals surface area (Å²) in [6.07, 6.45) is 8.51. The molecule has 0 aliphatic heterocycles. The zero-order valence-electron chi connectivity index (χ0n) is 17.6. The number of pyridine rings is 1. The van der Waals surface area contributed by atoms with Gasteiger partial charge in [0.25, 0.3) is 0 Å². The van der Waals surface area contributed by atoms with E-state index in [9.17, 15) is 4.79 Å². The molecule has 1 atom stereocenters. The lowest BCUT2D eigenvalue weighted by atomic mass is 10.1. The van der Waals surface area contributed by atoms with Crippen LogP contribution in [0.25, 0.3) is 17.1 Å². The monoisotopic (exact) mass is 423 g/mol. The van der Waals surface area contributed by atoms with E-state index >= 15 is 0 Å². The number of carbonyl (C=O) groups is 1. The number of aromatic nitrogens is 5. The van der Waals surface area contributed by atoms with Gasteiger partial charge in [0.05, 0.1) is 6.04 Å². The molecule has 8 nitrogen and oxygen atoms in total. The van der Waals surface area contributed by atoms with E-state index in [-0.39, 0.29) is 11.9 Å². The number of carbonyl (C=O) groups excluding carboxylic acids is 1. The van der Waals surface area contributed by atoms with Gasteiger partial charge >= 0.3 is 0 Å². The van der Waals surface area contributed by atoms with Crippen molar-refractivity contribution < 1.29 is 4.79 Å². The largest absolute Gasteiger partial charge is 0.309 e. The molecule has 8 heteroatoms. The summed E-state index contributed by atoms with van der Waals surface area (Å²) in [4.78, 5) is 29.7. The Kier molecular flexibility index (Phi) is 6.30. The van der Waals surface area contributed by atoms with Gasteiger partial charge in [-0.2, -0.15) is 0 Å². The summed E-state index contributed by atoms with van der Waals surface area (Å²) >= 11 is 0. The predicted octanol–water partition coefficient (Wildman–Crippen LogP) is 2.67. The van der Waals surface area contributed by atoms with Crippen LogP contribution >= 0.6 is 0 Å². The molecule has 0 saturated heterocycles. The Balaban J connectivity index is 1.70. The Morgan fingerprint density at radius 2 is 1.84 bits per heavy atom. The molecule has 0 saturated carbocycles. The number of imidazole rings is 1. The van der Waals surface area contributed by atoms with Gasteiger partial charge in [0.15, 0.2) is 0 Å². The molecule has 158 valence electrons. The van der Waals surface area contributed by atoms with E-state index in [0.29, 0.717) is 17.5 Å². The molecule has 3 aromatic heterocycles. The zero-order chi connectivity index (χ0) is 22.3. The van der Waals surface area contributed by atoms with Crippen molar-refractivity contribution in [2.75, 3.05) is 12.4 Å². The minimum atomic E-state index is -0.348. The number of rotatable bonds is 5. The van der Waals surface area contributed by atoms with Crippen LogP contribution in [0.1, 0.15) is 18.2 Å². The highest BCUT2D eigenvalue weighted by Gasteiger charge is 2.13. The van der Waals surface area contributed by atoms with Crippen molar-refractivity contribution in [3.8, 4) is 28.9 Å². The van der Waals surface area contributed by atoms with Crippen molar-refractivity contribution in [3.05, 3.63) is 84.8 Å². The van der Waals surface area contributed by atoms with Crippen molar-refractivity contribution >= 4 is 11.7 Å². The number of hydrogen-bond acceptors (Lipinski definition) is 6. The Morgan fingerprint density at radius 3 is 2.53 bits per heavy atom. The molecule has 0 aliphatic rings. The molecular weight excluding hydrogens is 402 g/mol. The van der Waals surface area contributed by atoms with E-state index in [1.54, 1.807) is 55.7 Å². The summed E-state index contributed by atoms with van der Waals surface area (Å²) in [6.45, 7) is 1.78. The highest BCUT2D eigenvalue weighted by Crippen LogP contribution is 2.23. The van der Waals surface area contributed by atoms with Crippen molar-refractivity contribution in [3.63, 3.8) is 0 Å². The van der Waals surface area contributed by atoms with Gasteiger partial charge in [-0.05, 0) is 44.2 Å². The third kappa shape index (κ3) is 4.86. The molecule has 32 heavy (non-hydrogen) atoms. The van der Waals surface area contributed by atoms with Crippen molar-refractivity contribution in [1.82, 2.24) is 29.8 Å². The molecule has 4 rings (SSSR count). The number of anilines is 1. The topological polar surface area (TPSA) is 97.6 Å². The first-order valence-corrected chi connectivity index (χ1v) is 10.0. The summed E-state index contributed by atoms with van der Waals surface area (Å²) in [6, 6.07) is 12.9. The summed E-state index contributed by atoms with van der Waals surface area (Å²) in [7, 11) is 1.73. The fraction of sp³-hybridized carbons (Fsp3) is 0.125. The minimum Gasteiger partial charge on any atom is -0.309 e. The molecule has 0 fully saturated rings. The number of benzene rings is 1. The molecule has 1 unspecified atom stereocenters. The van der Waals surface area contributed by atoms with Crippen LogP contribution in [0, 0.1) is 11.8 Å². The maximum Gasteiger partial charge on any atom is 0.242 e. The molecule has 2 N–H and O–H groups in total. The summed E-state index contributed by atoms with van der Waals surface area (Å²) in [5.74, 6) is 7.02. The van der Waals surface area contributed by atoms with Crippen molar-refractivity contribution in [2.45, 2.75) is 13.0 Å².